The minimum Gasteiger partial charge on any atom is -0.490 e. The highest BCUT2D eigenvalue weighted by atomic mass is 16.5. The molecule has 0 atom stereocenters. The molecule has 8 heteroatoms. The first kappa shape index (κ1) is 75.0. The number of rotatable bonds is 32. The summed E-state index contributed by atoms with van der Waals surface area (Å²) >= 11 is 0. The van der Waals surface area contributed by atoms with Gasteiger partial charge in [0.1, 0.15) is 0 Å². The van der Waals surface area contributed by atoms with Crippen molar-refractivity contribution < 1.29 is 37.9 Å². The number of fused-ring (bicyclic) bond motifs is 4. The van der Waals surface area contributed by atoms with Gasteiger partial charge >= 0.3 is 0 Å². The summed E-state index contributed by atoms with van der Waals surface area (Å²) in [4.78, 5) is 0. The smallest absolute Gasteiger partial charge is 0.162 e. The Morgan fingerprint density at radius 1 is 0.167 bits per heavy atom. The molecule has 0 N–H and O–H groups in total. The first-order valence-electron chi connectivity index (χ1n) is 33.2. The van der Waals surface area contributed by atoms with E-state index in [-0.39, 0.29) is 0 Å². The Balaban J connectivity index is 1.71. The highest BCUT2D eigenvalue weighted by Crippen LogP contribution is 2.35. The SMILES string of the molecule is CCCCOc1cc2c(cc1OCCCC)C#CC#CC#CC#Cc1cc(OCCCC)c(OCCCC)cc1C#CC#CC#CC#Cc1cc(OCCCC)c(OCCCC)cc1C#CC#CC#CC#Cc1cc(OCCCC)c(OCCCC)cc1C#CC#CC#CC#C2. The first-order chi connectivity index (χ1) is 47.4. The van der Waals surface area contributed by atoms with Crippen LogP contribution in [0.15, 0.2) is 48.5 Å². The maximum atomic E-state index is 6.22. The van der Waals surface area contributed by atoms with Gasteiger partial charge in [-0.15, -0.1) is 0 Å². The molecule has 1 aliphatic carbocycles. The Morgan fingerprint density at radius 3 is 0.375 bits per heavy atom. The van der Waals surface area contributed by atoms with Crippen LogP contribution in [0.1, 0.15) is 203 Å². The Morgan fingerprint density at radius 2 is 0.271 bits per heavy atom. The van der Waals surface area contributed by atoms with Crippen LogP contribution in [0.25, 0.3) is 0 Å². The van der Waals surface area contributed by atoms with Crippen molar-refractivity contribution >= 4 is 0 Å². The second-order valence-electron chi connectivity index (χ2n) is 21.0. The Labute approximate surface area is 574 Å². The fraction of sp³-hybridized carbons (Fsp3) is 0.364. The van der Waals surface area contributed by atoms with E-state index in [2.05, 4.69) is 245 Å². The van der Waals surface area contributed by atoms with E-state index in [9.17, 15) is 0 Å². The van der Waals surface area contributed by atoms with Crippen molar-refractivity contribution in [1.82, 2.24) is 0 Å². The lowest BCUT2D eigenvalue weighted by Gasteiger charge is -2.14. The standard InChI is InChI=1S/C88H80O8/c1-9-17-57-89-81-65-73-49-41-33-25-26-35-43-51-75-67-83(91-59-19-11-3)85(93-61-21-13-5)69-77(75)53-45-37-29-30-39-47-55-79-71-87(95-63-23-15-7)88(96-64-24-16-8)72-80(79)56-48-40-32-31-38-46-54-78-70-86(94-62-22-14-6)84(92-60-20-12-4)68-76(78)52-44-36-28-27-34-42-50-74(73)66-82(81)90-58-18-10-2/h65-72H,9-24,57-64H2,1-8H3. The van der Waals surface area contributed by atoms with Crippen molar-refractivity contribution in [3.63, 3.8) is 0 Å². The number of hydrogen-bond donors (Lipinski definition) is 0. The molecule has 0 radical (unpaired) electrons. The average Bonchev–Trinajstić information content (AvgIpc) is 0.887. The summed E-state index contributed by atoms with van der Waals surface area (Å²) < 4.78 is 49.8. The zero-order valence-corrected chi connectivity index (χ0v) is 56.9. The molecule has 4 aromatic carbocycles. The summed E-state index contributed by atoms with van der Waals surface area (Å²) in [6, 6.07) is 14.6. The number of benzene rings is 4. The van der Waals surface area contributed by atoms with Gasteiger partial charge in [0, 0.05) is 93.0 Å². The minimum absolute atomic E-state index is 0.506. The summed E-state index contributed by atoms with van der Waals surface area (Å²) in [6.07, 6.45) is 14.6. The Kier molecular flexibility index (Phi) is 37.5. The van der Waals surface area contributed by atoms with E-state index in [1.807, 2.05) is 48.5 Å². The van der Waals surface area contributed by atoms with Crippen LogP contribution in [0, 0.1) is 189 Å². The van der Waals surface area contributed by atoms with Crippen LogP contribution < -0.4 is 37.9 Å². The first-order valence-corrected chi connectivity index (χ1v) is 33.2. The Hall–Kier alpha value is -11.8. The van der Waals surface area contributed by atoms with Gasteiger partial charge in [0.25, 0.3) is 0 Å². The summed E-state index contributed by atoms with van der Waals surface area (Å²) in [5.74, 6) is 98.2. The summed E-state index contributed by atoms with van der Waals surface area (Å²) in [5.41, 5.74) is 4.55. The summed E-state index contributed by atoms with van der Waals surface area (Å²) in [7, 11) is 0. The average molecular weight is 1270 g/mol. The third-order valence-electron chi connectivity index (χ3n) is 13.2. The maximum Gasteiger partial charge on any atom is 0.162 e. The van der Waals surface area contributed by atoms with Gasteiger partial charge in [-0.1, -0.05) is 154 Å². The van der Waals surface area contributed by atoms with Gasteiger partial charge < -0.3 is 37.9 Å². The van der Waals surface area contributed by atoms with E-state index in [1.54, 1.807) is 0 Å². The van der Waals surface area contributed by atoms with Gasteiger partial charge in [-0.3, -0.25) is 0 Å². The van der Waals surface area contributed by atoms with Crippen LogP contribution in [0.3, 0.4) is 0 Å². The molecule has 1 aliphatic rings. The maximum absolute atomic E-state index is 6.22. The van der Waals surface area contributed by atoms with E-state index in [0.29, 0.717) is 143 Å². The summed E-state index contributed by atoms with van der Waals surface area (Å²) in [6.45, 7) is 20.9. The third kappa shape index (κ3) is 29.2. The molecule has 0 saturated heterocycles. The molecule has 0 bridgehead atoms. The van der Waals surface area contributed by atoms with Crippen molar-refractivity contribution in [2.45, 2.75) is 158 Å². The van der Waals surface area contributed by atoms with Gasteiger partial charge in [0.2, 0.25) is 0 Å². The van der Waals surface area contributed by atoms with Gasteiger partial charge in [0.15, 0.2) is 46.0 Å². The lowest BCUT2D eigenvalue weighted by atomic mass is 10.1. The van der Waals surface area contributed by atoms with Crippen LogP contribution in [0.4, 0.5) is 0 Å². The molecular weight excluding hydrogens is 1180 g/mol. The molecule has 0 unspecified atom stereocenters. The van der Waals surface area contributed by atoms with Crippen LogP contribution in [-0.4, -0.2) is 52.9 Å². The molecular formula is C88H80O8. The molecule has 480 valence electrons. The molecule has 5 rings (SSSR count). The van der Waals surface area contributed by atoms with E-state index in [0.717, 1.165) is 103 Å². The molecule has 0 aromatic heterocycles. The van der Waals surface area contributed by atoms with Gasteiger partial charge in [-0.2, -0.15) is 0 Å². The van der Waals surface area contributed by atoms with Crippen LogP contribution >= 0.6 is 0 Å². The molecule has 8 nitrogen and oxygen atoms in total. The monoisotopic (exact) mass is 1260 g/mol. The van der Waals surface area contributed by atoms with Crippen molar-refractivity contribution in [2.24, 2.45) is 0 Å². The zero-order valence-electron chi connectivity index (χ0n) is 56.9. The van der Waals surface area contributed by atoms with E-state index < -0.39 is 0 Å². The van der Waals surface area contributed by atoms with Crippen molar-refractivity contribution in [3.05, 3.63) is 93.0 Å². The number of hydrogen-bond acceptors (Lipinski definition) is 8. The van der Waals surface area contributed by atoms with E-state index in [1.165, 1.54) is 0 Å². The second-order valence-corrected chi connectivity index (χ2v) is 21.0. The molecule has 4 aromatic rings. The van der Waals surface area contributed by atoms with Crippen molar-refractivity contribution in [2.75, 3.05) is 52.9 Å². The van der Waals surface area contributed by atoms with Crippen LogP contribution in [-0.2, 0) is 0 Å². The largest absolute Gasteiger partial charge is 0.490 e. The topological polar surface area (TPSA) is 73.8 Å². The fourth-order valence-corrected chi connectivity index (χ4v) is 7.87. The lowest BCUT2D eigenvalue weighted by Crippen LogP contribution is -2.03. The van der Waals surface area contributed by atoms with Crippen LogP contribution in [0.5, 0.6) is 46.0 Å². The second kappa shape index (κ2) is 48.1. The van der Waals surface area contributed by atoms with Crippen LogP contribution in [0.2, 0.25) is 0 Å². The van der Waals surface area contributed by atoms with Gasteiger partial charge in [-0.25, -0.2) is 0 Å². The quantitative estimate of drug-likeness (QED) is 0.0354. The normalized spacial score (nSPS) is 10.2. The number of ether oxygens (including phenoxy) is 8. The molecule has 0 spiro atoms. The fourth-order valence-electron chi connectivity index (χ4n) is 7.87. The van der Waals surface area contributed by atoms with Crippen molar-refractivity contribution in [3.8, 4) is 235 Å². The zero-order chi connectivity index (χ0) is 68.1. The molecule has 0 saturated carbocycles. The van der Waals surface area contributed by atoms with Gasteiger partial charge in [0.05, 0.1) is 52.9 Å². The predicted octanol–water partition coefficient (Wildman–Crippen LogP) is 15.1. The highest BCUT2D eigenvalue weighted by molar-refractivity contribution is 5.65. The molecule has 0 heterocycles. The Bertz CT molecular complexity index is 3560. The molecule has 0 amide bonds. The predicted molar refractivity (Wildman–Crippen MR) is 386 cm³/mol. The van der Waals surface area contributed by atoms with E-state index >= 15 is 0 Å². The molecule has 96 heavy (non-hydrogen) atoms. The molecule has 0 fully saturated rings. The lowest BCUT2D eigenvalue weighted by molar-refractivity contribution is 0.262. The highest BCUT2D eigenvalue weighted by Gasteiger charge is 2.15. The van der Waals surface area contributed by atoms with E-state index in [4.69, 9.17) is 37.9 Å². The third-order valence-corrected chi connectivity index (χ3v) is 13.2. The number of unbranched alkanes of at least 4 members (excludes halogenated alkanes) is 8. The minimum atomic E-state index is 0.506. The molecule has 0 aliphatic heterocycles. The van der Waals surface area contributed by atoms with Gasteiger partial charge in [-0.05, 0) is 193 Å². The van der Waals surface area contributed by atoms with Crippen molar-refractivity contribution in [1.29, 1.82) is 0 Å². The summed E-state index contributed by atoms with van der Waals surface area (Å²) in [5, 5.41) is 0.